The summed E-state index contributed by atoms with van der Waals surface area (Å²) in [6.07, 6.45) is 17.7. The van der Waals surface area contributed by atoms with Crippen LogP contribution >= 0.6 is 0 Å². The van der Waals surface area contributed by atoms with Crippen molar-refractivity contribution in [2.75, 3.05) is 62.1 Å². The molecule has 0 unspecified atom stereocenters. The summed E-state index contributed by atoms with van der Waals surface area (Å²) in [4.78, 5) is 7.35. The number of benzene rings is 3. The molecule has 15 rings (SSSR count). The van der Waals surface area contributed by atoms with E-state index < -0.39 is 6.10 Å². The van der Waals surface area contributed by atoms with Gasteiger partial charge in [-0.25, -0.2) is 0 Å². The van der Waals surface area contributed by atoms with Crippen LogP contribution in [0.5, 0.6) is 34.5 Å². The van der Waals surface area contributed by atoms with Crippen molar-refractivity contribution >= 4 is 0 Å². The summed E-state index contributed by atoms with van der Waals surface area (Å²) in [5, 5.41) is 31.0. The van der Waals surface area contributed by atoms with E-state index in [1.54, 1.807) is 33.5 Å². The van der Waals surface area contributed by atoms with Crippen LogP contribution in [0, 0.1) is 5.92 Å². The zero-order valence-electron chi connectivity index (χ0n) is 38.5. The Morgan fingerprint density at radius 3 is 1.70 bits per heavy atom. The number of methoxy groups -OCH3 is 3. The number of phenolic OH excluding ortho intramolecular Hbond substituents is 2. The summed E-state index contributed by atoms with van der Waals surface area (Å²) < 4.78 is 35.7. The topological polar surface area (TPSA) is 126 Å². The van der Waals surface area contributed by atoms with Gasteiger partial charge in [0.15, 0.2) is 46.7 Å². The fourth-order valence-electron chi connectivity index (χ4n) is 15.3. The first kappa shape index (κ1) is 40.8. The molecule has 66 heavy (non-hydrogen) atoms. The van der Waals surface area contributed by atoms with Crippen molar-refractivity contribution in [3.63, 3.8) is 0 Å². The molecular formula is C54H59N3O9. The van der Waals surface area contributed by atoms with Crippen molar-refractivity contribution in [2.24, 2.45) is 5.92 Å². The lowest BCUT2D eigenvalue weighted by atomic mass is 9.53. The van der Waals surface area contributed by atoms with Crippen LogP contribution < -0.4 is 18.9 Å². The minimum Gasteiger partial charge on any atom is -0.504 e. The second kappa shape index (κ2) is 14.1. The van der Waals surface area contributed by atoms with Gasteiger partial charge in [-0.3, -0.25) is 9.80 Å². The van der Waals surface area contributed by atoms with E-state index in [1.807, 2.05) is 24.3 Å². The molecule has 3 spiro atoms. The molecule has 3 aromatic carbocycles. The highest BCUT2D eigenvalue weighted by Gasteiger charge is 2.66. The number of aromatic hydroxyl groups is 2. The summed E-state index contributed by atoms with van der Waals surface area (Å²) in [5.41, 5.74) is 10.2. The molecule has 0 saturated carbocycles. The number of aliphatic hydroxyl groups is 1. The molecule has 3 fully saturated rings. The molecule has 3 aromatic rings. The summed E-state index contributed by atoms with van der Waals surface area (Å²) >= 11 is 0. The third-order valence-electron chi connectivity index (χ3n) is 18.3. The quantitative estimate of drug-likeness (QED) is 0.278. The van der Waals surface area contributed by atoms with E-state index in [0.29, 0.717) is 35.5 Å². The normalized spacial score (nSPS) is 36.7. The zero-order valence-corrected chi connectivity index (χ0v) is 38.5. The maximum absolute atomic E-state index is 10.4. The number of allylic oxidation sites excluding steroid dienone is 4. The molecule has 3 N–H and O–H groups in total. The first-order chi connectivity index (χ1) is 32.0. The highest BCUT2D eigenvalue weighted by atomic mass is 16.6. The molecule has 0 aromatic heterocycles. The van der Waals surface area contributed by atoms with Gasteiger partial charge < -0.3 is 48.6 Å². The average Bonchev–Trinajstić information content (AvgIpc) is 4.00. The van der Waals surface area contributed by atoms with Crippen LogP contribution in [0.4, 0.5) is 0 Å². The van der Waals surface area contributed by atoms with Crippen LogP contribution in [0.1, 0.15) is 52.6 Å². The minimum atomic E-state index is -0.594. The summed E-state index contributed by atoms with van der Waals surface area (Å²) in [5.74, 6) is 5.64. The van der Waals surface area contributed by atoms with Gasteiger partial charge in [0.1, 0.15) is 23.7 Å². The van der Waals surface area contributed by atoms with Gasteiger partial charge in [0.05, 0.1) is 32.2 Å². The lowest BCUT2D eigenvalue weighted by molar-refractivity contribution is -0.0453. The third-order valence-corrected chi connectivity index (χ3v) is 18.3. The Kier molecular flexibility index (Phi) is 8.71. The molecule has 12 nitrogen and oxygen atoms in total. The Bertz CT molecular complexity index is 2780. The van der Waals surface area contributed by atoms with Gasteiger partial charge in [0.25, 0.3) is 0 Å². The van der Waals surface area contributed by atoms with Crippen LogP contribution in [0.3, 0.4) is 0 Å². The van der Waals surface area contributed by atoms with Gasteiger partial charge >= 0.3 is 0 Å². The van der Waals surface area contributed by atoms with Crippen molar-refractivity contribution in [2.45, 2.75) is 97.3 Å². The number of nitrogens with zero attached hydrogens (tertiary/aromatic N) is 3. The molecule has 11 atom stereocenters. The van der Waals surface area contributed by atoms with Gasteiger partial charge in [-0.15, -0.1) is 0 Å². The SMILES string of the molecule is CN1CC[C@]23c4c5ccc(O)c4O[C@H]2[C@@H](O)C=C[C@H]3[C@H]1C5.COC1=CC=C2[C@H]3Cc4ccc(O)c5c4[C@@]2(CCN3C)[C@H]1O5.COC1=CC=C2[C@H]3Cc4ccc(OC)c5c4[C@@]2(CCN3C)[C@H]1O5. The molecule has 0 radical (unpaired) electrons. The molecular weight excluding hydrogens is 835 g/mol. The smallest absolute Gasteiger partial charge is 0.169 e. The number of rotatable bonds is 3. The van der Waals surface area contributed by atoms with Gasteiger partial charge in [0, 0.05) is 46.1 Å². The van der Waals surface area contributed by atoms with E-state index in [1.165, 1.54) is 44.5 Å². The molecule has 6 heterocycles. The van der Waals surface area contributed by atoms with Crippen LogP contribution in [0.2, 0.25) is 0 Å². The van der Waals surface area contributed by atoms with Crippen molar-refractivity contribution < 1.29 is 43.7 Å². The molecule has 344 valence electrons. The summed E-state index contributed by atoms with van der Waals surface area (Å²) in [7, 11) is 11.8. The van der Waals surface area contributed by atoms with E-state index in [2.05, 4.69) is 72.3 Å². The Labute approximate surface area is 386 Å². The van der Waals surface area contributed by atoms with E-state index in [-0.39, 0.29) is 46.1 Å². The largest absolute Gasteiger partial charge is 0.504 e. The Hall–Kier alpha value is -5.40. The molecule has 12 heteroatoms. The van der Waals surface area contributed by atoms with Gasteiger partial charge in [-0.05, 0) is 137 Å². The van der Waals surface area contributed by atoms with Gasteiger partial charge in [-0.2, -0.15) is 0 Å². The van der Waals surface area contributed by atoms with Crippen LogP contribution in [0.15, 0.2) is 95.5 Å². The van der Waals surface area contributed by atoms with Crippen molar-refractivity contribution in [1.82, 2.24) is 14.7 Å². The fourth-order valence-corrected chi connectivity index (χ4v) is 15.3. The van der Waals surface area contributed by atoms with Gasteiger partial charge in [-0.1, -0.05) is 42.5 Å². The van der Waals surface area contributed by atoms with Crippen LogP contribution in [-0.4, -0.2) is 135 Å². The highest BCUT2D eigenvalue weighted by molar-refractivity contribution is 5.69. The molecule has 6 bridgehead atoms. The number of aliphatic hydroxyl groups excluding tert-OH is 1. The Morgan fingerprint density at radius 1 is 0.576 bits per heavy atom. The molecule has 12 aliphatic rings. The second-order valence-electron chi connectivity index (χ2n) is 20.6. The molecule has 6 aliphatic carbocycles. The lowest BCUT2D eigenvalue weighted by Crippen LogP contribution is -2.64. The second-order valence-corrected chi connectivity index (χ2v) is 20.6. The Balaban J connectivity index is 0.0000000989. The number of likely N-dealkylation sites (N-methyl/N-ethyl adjacent to an activating group) is 3. The third kappa shape index (κ3) is 4.93. The standard InChI is InChI=1S/C19H21NO3.C18H19NO3.C17H19NO3/c1-20-9-8-19-12-5-7-15(22-3)18(19)23-17-14(21-2)6-4-11(16(17)19)10-13(12)20;1-19-8-7-18-11-4-6-14(21-2)17(18)22-16-13(20)5-3-10(15(16)18)9-12(11)19;1-18-7-6-17-10-3-5-13(20)16(17)21-15-12(19)4-2-9(14(15)17)8-11(10)18/h4-7,13,18H,8-10H2,1-3H3;3-6,12,17,20H,7-9H2,1-2H3;2-5,10-11,13,16,19-20H,6-8H2,1H3/t13-,18+,19+;12-,17+,18+;10-,11+,13-,16-,17-/m110/s1. The van der Waals surface area contributed by atoms with Crippen molar-refractivity contribution in [3.8, 4) is 34.5 Å². The van der Waals surface area contributed by atoms with Crippen LogP contribution in [0.25, 0.3) is 0 Å². The van der Waals surface area contributed by atoms with Crippen LogP contribution in [-0.2, 0) is 45.0 Å². The predicted octanol–water partition coefficient (Wildman–Crippen LogP) is 5.74. The number of piperidine rings is 3. The summed E-state index contributed by atoms with van der Waals surface area (Å²) in [6, 6.07) is 13.2. The predicted molar refractivity (Wildman–Crippen MR) is 247 cm³/mol. The first-order valence-corrected chi connectivity index (χ1v) is 23.8. The Morgan fingerprint density at radius 2 is 1.11 bits per heavy atom. The number of hydrogen-bond acceptors (Lipinski definition) is 12. The summed E-state index contributed by atoms with van der Waals surface area (Å²) in [6.45, 7) is 3.12. The maximum Gasteiger partial charge on any atom is 0.169 e. The number of likely N-dealkylation sites (tertiary alicyclic amines) is 3. The fraction of sp³-hybridized carbons (Fsp3) is 0.481. The van der Waals surface area contributed by atoms with Crippen molar-refractivity contribution in [3.05, 3.63) is 129 Å². The maximum atomic E-state index is 10.4. The number of phenols is 2. The highest BCUT2D eigenvalue weighted by Crippen LogP contribution is 2.65. The number of hydrogen-bond donors (Lipinski definition) is 3. The molecule has 0 amide bonds. The monoisotopic (exact) mass is 893 g/mol. The molecule has 3 saturated heterocycles. The van der Waals surface area contributed by atoms with E-state index >= 15 is 0 Å². The van der Waals surface area contributed by atoms with E-state index in [9.17, 15) is 15.3 Å². The zero-order chi connectivity index (χ0) is 45.2. The number of ether oxygens (including phenoxy) is 6. The minimum absolute atomic E-state index is 0.0611. The first-order valence-electron chi connectivity index (χ1n) is 23.8. The van der Waals surface area contributed by atoms with Gasteiger partial charge in [0.2, 0.25) is 0 Å². The molecule has 6 aliphatic heterocycles. The van der Waals surface area contributed by atoms with E-state index in [4.69, 9.17) is 28.4 Å². The van der Waals surface area contributed by atoms with E-state index in [0.717, 1.165) is 81.2 Å². The van der Waals surface area contributed by atoms with Crippen molar-refractivity contribution in [1.29, 1.82) is 0 Å². The average molecular weight is 894 g/mol. The lowest BCUT2D eigenvalue weighted by Gasteiger charge is -2.56.